The molecule has 0 N–H and O–H groups in total. The van der Waals surface area contributed by atoms with Gasteiger partial charge in [-0.05, 0) is 37.1 Å². The number of carbonyl (C=O) groups is 1. The van der Waals surface area contributed by atoms with Crippen LogP contribution in [0.15, 0.2) is 18.2 Å². The summed E-state index contributed by atoms with van der Waals surface area (Å²) in [7, 11) is 0. The molecule has 5 heteroatoms. The number of hydrogen-bond donors (Lipinski definition) is 0. The summed E-state index contributed by atoms with van der Waals surface area (Å²) in [6.07, 6.45) is 1.62. The summed E-state index contributed by atoms with van der Waals surface area (Å²) in [5, 5.41) is 0. The lowest BCUT2D eigenvalue weighted by molar-refractivity contribution is -0.117. The van der Waals surface area contributed by atoms with Crippen LogP contribution in [0.1, 0.15) is 18.4 Å². The van der Waals surface area contributed by atoms with Crippen molar-refractivity contribution in [2.75, 3.05) is 50.9 Å². The maximum atomic E-state index is 11.8. The first-order chi connectivity index (χ1) is 10.7. The quantitative estimate of drug-likeness (QED) is 0.832. The third kappa shape index (κ3) is 3.59. The Hall–Kier alpha value is -1.59. The van der Waals surface area contributed by atoms with E-state index in [2.05, 4.69) is 4.90 Å². The fourth-order valence-corrected chi connectivity index (χ4v) is 2.99. The molecule has 0 bridgehead atoms. The van der Waals surface area contributed by atoms with Crippen molar-refractivity contribution in [2.45, 2.75) is 19.8 Å². The molecule has 2 fully saturated rings. The van der Waals surface area contributed by atoms with Crippen LogP contribution in [0.3, 0.4) is 0 Å². The Bertz CT molecular complexity index is 527. The number of amides is 1. The Labute approximate surface area is 131 Å². The number of carbonyl (C=O) groups excluding carboxylic acids is 1. The first-order valence-electron chi connectivity index (χ1n) is 8.08. The molecule has 1 aromatic rings. The third-order valence-electron chi connectivity index (χ3n) is 4.31. The third-order valence-corrected chi connectivity index (χ3v) is 4.31. The number of anilines is 1. The molecule has 1 aromatic carbocycles. The highest BCUT2D eigenvalue weighted by Crippen LogP contribution is 2.27. The molecule has 0 radical (unpaired) electrons. The summed E-state index contributed by atoms with van der Waals surface area (Å²) < 4.78 is 11.2. The van der Waals surface area contributed by atoms with E-state index in [1.807, 2.05) is 30.0 Å². The van der Waals surface area contributed by atoms with Crippen LogP contribution in [0.2, 0.25) is 0 Å². The maximum Gasteiger partial charge on any atom is 0.227 e. The van der Waals surface area contributed by atoms with Crippen LogP contribution in [-0.4, -0.2) is 56.8 Å². The molecule has 0 atom stereocenters. The van der Waals surface area contributed by atoms with Crippen molar-refractivity contribution in [2.24, 2.45) is 0 Å². The fraction of sp³-hybridized carbons (Fsp3) is 0.588. The van der Waals surface area contributed by atoms with Gasteiger partial charge in [0.05, 0.1) is 13.2 Å². The number of ether oxygens (including phenoxy) is 2. The van der Waals surface area contributed by atoms with Gasteiger partial charge < -0.3 is 14.4 Å². The first kappa shape index (κ1) is 15.3. The van der Waals surface area contributed by atoms with Crippen molar-refractivity contribution >= 4 is 11.6 Å². The number of morpholine rings is 1. The van der Waals surface area contributed by atoms with Crippen LogP contribution in [0.4, 0.5) is 5.69 Å². The van der Waals surface area contributed by atoms with Crippen LogP contribution in [0.5, 0.6) is 5.75 Å². The second-order valence-corrected chi connectivity index (χ2v) is 5.90. The zero-order chi connectivity index (χ0) is 15.4. The number of benzene rings is 1. The maximum absolute atomic E-state index is 11.8. The van der Waals surface area contributed by atoms with Crippen molar-refractivity contribution in [3.8, 4) is 5.75 Å². The van der Waals surface area contributed by atoms with E-state index in [1.54, 1.807) is 0 Å². The zero-order valence-electron chi connectivity index (χ0n) is 13.2. The molecule has 5 nitrogen and oxygen atoms in total. The molecule has 22 heavy (non-hydrogen) atoms. The lowest BCUT2D eigenvalue weighted by atomic mass is 10.2. The topological polar surface area (TPSA) is 42.0 Å². The van der Waals surface area contributed by atoms with Gasteiger partial charge >= 0.3 is 0 Å². The Morgan fingerprint density at radius 3 is 2.73 bits per heavy atom. The first-order valence-corrected chi connectivity index (χ1v) is 8.08. The van der Waals surface area contributed by atoms with E-state index in [0.717, 1.165) is 62.8 Å². The molecule has 0 saturated carbocycles. The van der Waals surface area contributed by atoms with E-state index in [0.29, 0.717) is 13.0 Å². The van der Waals surface area contributed by atoms with E-state index < -0.39 is 0 Å². The summed E-state index contributed by atoms with van der Waals surface area (Å²) >= 11 is 0. The molecule has 2 saturated heterocycles. The largest absolute Gasteiger partial charge is 0.492 e. The molecule has 0 aliphatic carbocycles. The van der Waals surface area contributed by atoms with Gasteiger partial charge in [-0.15, -0.1) is 0 Å². The standard InChI is InChI=1S/C17H24N2O3/c1-14-13-15(19-6-2-3-17(19)20)4-5-16(14)22-12-9-18-7-10-21-11-8-18/h4-5,13H,2-3,6-12H2,1H3. The molecule has 2 heterocycles. The van der Waals surface area contributed by atoms with Crippen LogP contribution in [0, 0.1) is 6.92 Å². The lowest BCUT2D eigenvalue weighted by Gasteiger charge is -2.26. The van der Waals surface area contributed by atoms with Gasteiger partial charge in [-0.2, -0.15) is 0 Å². The molecule has 3 rings (SSSR count). The lowest BCUT2D eigenvalue weighted by Crippen LogP contribution is -2.38. The van der Waals surface area contributed by atoms with Crippen molar-refractivity contribution in [1.29, 1.82) is 0 Å². The average molecular weight is 304 g/mol. The predicted octanol–water partition coefficient (Wildman–Crippen LogP) is 1.83. The van der Waals surface area contributed by atoms with Gasteiger partial charge in [0, 0.05) is 38.3 Å². The summed E-state index contributed by atoms with van der Waals surface area (Å²) in [6.45, 7) is 8.08. The van der Waals surface area contributed by atoms with E-state index in [1.165, 1.54) is 0 Å². The highest BCUT2D eigenvalue weighted by Gasteiger charge is 2.22. The van der Waals surface area contributed by atoms with Crippen LogP contribution in [0.25, 0.3) is 0 Å². The molecule has 0 unspecified atom stereocenters. The SMILES string of the molecule is Cc1cc(N2CCCC2=O)ccc1OCCN1CCOCC1. The monoisotopic (exact) mass is 304 g/mol. The van der Waals surface area contributed by atoms with Crippen LogP contribution >= 0.6 is 0 Å². The Balaban J connectivity index is 1.54. The fourth-order valence-electron chi connectivity index (χ4n) is 2.99. The average Bonchev–Trinajstić information content (AvgIpc) is 2.96. The van der Waals surface area contributed by atoms with Gasteiger partial charge in [0.2, 0.25) is 5.91 Å². The van der Waals surface area contributed by atoms with Crippen LogP contribution < -0.4 is 9.64 Å². The zero-order valence-corrected chi connectivity index (χ0v) is 13.2. The van der Waals surface area contributed by atoms with Crippen LogP contribution in [-0.2, 0) is 9.53 Å². The van der Waals surface area contributed by atoms with Gasteiger partial charge in [0.1, 0.15) is 12.4 Å². The Kier molecular flexibility index (Phi) is 4.95. The van der Waals surface area contributed by atoms with E-state index in [4.69, 9.17) is 9.47 Å². The number of rotatable bonds is 5. The van der Waals surface area contributed by atoms with Crippen molar-refractivity contribution in [3.05, 3.63) is 23.8 Å². The number of aryl methyl sites for hydroxylation is 1. The summed E-state index contributed by atoms with van der Waals surface area (Å²) in [4.78, 5) is 16.0. The number of nitrogens with zero attached hydrogens (tertiary/aromatic N) is 2. The van der Waals surface area contributed by atoms with E-state index in [-0.39, 0.29) is 5.91 Å². The summed E-state index contributed by atoms with van der Waals surface area (Å²) in [6, 6.07) is 6.02. The van der Waals surface area contributed by atoms with Gasteiger partial charge in [0.25, 0.3) is 0 Å². The highest BCUT2D eigenvalue weighted by atomic mass is 16.5. The Morgan fingerprint density at radius 1 is 1.23 bits per heavy atom. The van der Waals surface area contributed by atoms with Gasteiger partial charge in [-0.1, -0.05) is 0 Å². The molecule has 0 aromatic heterocycles. The van der Waals surface area contributed by atoms with Gasteiger partial charge in [-0.25, -0.2) is 0 Å². The minimum atomic E-state index is 0.223. The molecule has 120 valence electrons. The predicted molar refractivity (Wildman–Crippen MR) is 85.5 cm³/mol. The van der Waals surface area contributed by atoms with Crippen molar-refractivity contribution < 1.29 is 14.3 Å². The minimum absolute atomic E-state index is 0.223. The summed E-state index contributed by atoms with van der Waals surface area (Å²) in [5.41, 5.74) is 2.07. The molecule has 0 spiro atoms. The van der Waals surface area contributed by atoms with Crippen molar-refractivity contribution in [3.63, 3.8) is 0 Å². The highest BCUT2D eigenvalue weighted by molar-refractivity contribution is 5.95. The minimum Gasteiger partial charge on any atom is -0.492 e. The second-order valence-electron chi connectivity index (χ2n) is 5.90. The van der Waals surface area contributed by atoms with Gasteiger partial charge in [0.15, 0.2) is 0 Å². The smallest absolute Gasteiger partial charge is 0.227 e. The van der Waals surface area contributed by atoms with Crippen molar-refractivity contribution in [1.82, 2.24) is 4.90 Å². The second kappa shape index (κ2) is 7.11. The molecule has 2 aliphatic rings. The molecular weight excluding hydrogens is 280 g/mol. The summed E-state index contributed by atoms with van der Waals surface area (Å²) in [5.74, 6) is 1.13. The molecule has 2 aliphatic heterocycles. The van der Waals surface area contributed by atoms with E-state index >= 15 is 0 Å². The molecule has 1 amide bonds. The Morgan fingerprint density at radius 2 is 2.05 bits per heavy atom. The molecular formula is C17H24N2O3. The van der Waals surface area contributed by atoms with E-state index in [9.17, 15) is 4.79 Å². The van der Waals surface area contributed by atoms with Gasteiger partial charge in [-0.3, -0.25) is 9.69 Å². The number of hydrogen-bond acceptors (Lipinski definition) is 4. The normalized spacial score (nSPS) is 19.7.